The number of rotatable bonds is 1. The molecule has 0 unspecified atom stereocenters. The van der Waals surface area contributed by atoms with Crippen LogP contribution in [-0.4, -0.2) is 5.11 Å². The zero-order valence-electron chi connectivity index (χ0n) is 8.82. The molecule has 0 saturated heterocycles. The van der Waals surface area contributed by atoms with Gasteiger partial charge in [0.05, 0.1) is 0 Å². The number of hydrogen-bond donors (Lipinski definition) is 2. The Kier molecular flexibility index (Phi) is 4.43. The second-order valence-electron chi connectivity index (χ2n) is 4.40. The van der Waals surface area contributed by atoms with Crippen molar-refractivity contribution in [3.05, 3.63) is 29.8 Å². The predicted molar refractivity (Wildman–Crippen MR) is 61.7 cm³/mol. The third kappa shape index (κ3) is 2.89. The van der Waals surface area contributed by atoms with Gasteiger partial charge in [-0.05, 0) is 11.5 Å². The molecule has 0 aliphatic rings. The third-order valence-corrected chi connectivity index (χ3v) is 2.20. The lowest BCUT2D eigenvalue weighted by molar-refractivity contribution is 0.317. The first-order valence-corrected chi connectivity index (χ1v) is 4.46. The van der Waals surface area contributed by atoms with Crippen molar-refractivity contribution in [1.82, 2.24) is 0 Å². The van der Waals surface area contributed by atoms with Crippen molar-refractivity contribution in [2.75, 3.05) is 0 Å². The van der Waals surface area contributed by atoms with Crippen LogP contribution in [0.1, 0.15) is 32.4 Å². The molecule has 1 rings (SSSR count). The minimum absolute atomic E-state index is 0. The van der Waals surface area contributed by atoms with E-state index in [1.807, 2.05) is 12.1 Å². The maximum Gasteiger partial charge on any atom is 0.120 e. The summed E-state index contributed by atoms with van der Waals surface area (Å²) >= 11 is 0. The van der Waals surface area contributed by atoms with Crippen molar-refractivity contribution in [1.29, 1.82) is 0 Å². The van der Waals surface area contributed by atoms with E-state index in [9.17, 15) is 5.11 Å². The maximum atomic E-state index is 9.56. The van der Waals surface area contributed by atoms with Gasteiger partial charge in [-0.3, -0.25) is 0 Å². The zero-order chi connectivity index (χ0) is 10.1. The van der Waals surface area contributed by atoms with Gasteiger partial charge in [0, 0.05) is 11.6 Å². The van der Waals surface area contributed by atoms with Gasteiger partial charge < -0.3 is 10.8 Å². The molecule has 14 heavy (non-hydrogen) atoms. The van der Waals surface area contributed by atoms with E-state index >= 15 is 0 Å². The fourth-order valence-corrected chi connectivity index (χ4v) is 1.22. The molecule has 0 amide bonds. The summed E-state index contributed by atoms with van der Waals surface area (Å²) in [6, 6.07) is 7.09. The zero-order valence-corrected chi connectivity index (χ0v) is 9.64. The molecule has 1 aromatic rings. The number of phenolic OH excluding ortho intramolecular Hbond substituents is 1. The average Bonchev–Trinajstić information content (AvgIpc) is 2.02. The molecule has 2 nitrogen and oxygen atoms in total. The van der Waals surface area contributed by atoms with Gasteiger partial charge in [-0.15, -0.1) is 12.4 Å². The van der Waals surface area contributed by atoms with Gasteiger partial charge >= 0.3 is 0 Å². The quantitative estimate of drug-likeness (QED) is 0.757. The van der Waals surface area contributed by atoms with Crippen molar-refractivity contribution in [3.63, 3.8) is 0 Å². The molecular formula is C11H18ClNO. The number of phenols is 1. The Labute approximate surface area is 91.5 Å². The van der Waals surface area contributed by atoms with Crippen molar-refractivity contribution >= 4 is 12.4 Å². The van der Waals surface area contributed by atoms with Crippen molar-refractivity contribution in [2.45, 2.75) is 26.8 Å². The van der Waals surface area contributed by atoms with E-state index in [-0.39, 0.29) is 29.6 Å². The smallest absolute Gasteiger partial charge is 0.120 e. The fourth-order valence-electron chi connectivity index (χ4n) is 1.22. The Balaban J connectivity index is 0.00000169. The highest BCUT2D eigenvalue weighted by Gasteiger charge is 2.23. The molecule has 0 radical (unpaired) electrons. The molecule has 0 bridgehead atoms. The number of benzene rings is 1. The van der Waals surface area contributed by atoms with Crippen LogP contribution in [0.3, 0.4) is 0 Å². The van der Waals surface area contributed by atoms with Crippen molar-refractivity contribution in [2.24, 2.45) is 11.1 Å². The molecule has 3 N–H and O–H groups in total. The topological polar surface area (TPSA) is 46.2 Å². The SMILES string of the molecule is CC(C)(C)[C@H](N)c1ccccc1O.Cl. The minimum Gasteiger partial charge on any atom is -0.508 e. The predicted octanol–water partition coefficient (Wildman–Crippen LogP) is 2.86. The van der Waals surface area contributed by atoms with E-state index in [2.05, 4.69) is 20.8 Å². The Morgan fingerprint density at radius 2 is 1.71 bits per heavy atom. The van der Waals surface area contributed by atoms with Gasteiger partial charge in [-0.2, -0.15) is 0 Å². The molecule has 0 spiro atoms. The van der Waals surface area contributed by atoms with Crippen LogP contribution in [0, 0.1) is 5.41 Å². The summed E-state index contributed by atoms with van der Waals surface area (Å²) in [5.74, 6) is 0.282. The summed E-state index contributed by atoms with van der Waals surface area (Å²) in [6.45, 7) is 6.18. The number of halogens is 1. The molecule has 0 aliphatic carbocycles. The van der Waals surface area contributed by atoms with E-state index in [0.29, 0.717) is 0 Å². The number of para-hydroxylation sites is 1. The van der Waals surface area contributed by atoms with Crippen LogP contribution >= 0.6 is 12.4 Å². The van der Waals surface area contributed by atoms with E-state index in [1.54, 1.807) is 12.1 Å². The number of nitrogens with two attached hydrogens (primary N) is 1. The molecule has 80 valence electrons. The molecule has 1 aromatic carbocycles. The molecule has 3 heteroatoms. The molecule has 0 aliphatic heterocycles. The van der Waals surface area contributed by atoms with Gasteiger partial charge in [-0.25, -0.2) is 0 Å². The summed E-state index contributed by atoms with van der Waals surface area (Å²) in [7, 11) is 0. The first kappa shape index (κ1) is 13.3. The summed E-state index contributed by atoms with van der Waals surface area (Å²) in [6.07, 6.45) is 0. The van der Waals surface area contributed by atoms with E-state index in [1.165, 1.54) is 0 Å². The van der Waals surface area contributed by atoms with E-state index < -0.39 is 0 Å². The Morgan fingerprint density at radius 1 is 1.21 bits per heavy atom. The summed E-state index contributed by atoms with van der Waals surface area (Å²) in [4.78, 5) is 0. The maximum absolute atomic E-state index is 9.56. The van der Waals surface area contributed by atoms with Crippen LogP contribution in [0.4, 0.5) is 0 Å². The normalized spacial score (nSPS) is 13.1. The van der Waals surface area contributed by atoms with Crippen molar-refractivity contribution < 1.29 is 5.11 Å². The number of aromatic hydroxyl groups is 1. The van der Waals surface area contributed by atoms with Gasteiger partial charge in [0.15, 0.2) is 0 Å². The third-order valence-electron chi connectivity index (χ3n) is 2.20. The van der Waals surface area contributed by atoms with E-state index in [4.69, 9.17) is 5.73 Å². The summed E-state index contributed by atoms with van der Waals surface area (Å²) in [5.41, 5.74) is 6.80. The van der Waals surface area contributed by atoms with Gasteiger partial charge in [0.25, 0.3) is 0 Å². The van der Waals surface area contributed by atoms with Crippen molar-refractivity contribution in [3.8, 4) is 5.75 Å². The average molecular weight is 216 g/mol. The molecule has 0 fully saturated rings. The minimum atomic E-state index is -0.131. The molecule has 0 heterocycles. The highest BCUT2D eigenvalue weighted by Crippen LogP contribution is 2.34. The fraction of sp³-hybridized carbons (Fsp3) is 0.455. The summed E-state index contributed by atoms with van der Waals surface area (Å²) in [5, 5.41) is 9.56. The monoisotopic (exact) mass is 215 g/mol. The molecule has 1 atom stereocenters. The van der Waals surface area contributed by atoms with Gasteiger partial charge in [0.2, 0.25) is 0 Å². The van der Waals surface area contributed by atoms with Crippen LogP contribution < -0.4 is 5.73 Å². The highest BCUT2D eigenvalue weighted by atomic mass is 35.5. The summed E-state index contributed by atoms with van der Waals surface area (Å²) < 4.78 is 0. The van der Waals surface area contributed by atoms with Crippen LogP contribution in [0.25, 0.3) is 0 Å². The van der Waals surface area contributed by atoms with Crippen LogP contribution in [0.2, 0.25) is 0 Å². The Bertz CT molecular complexity index is 294. The lowest BCUT2D eigenvalue weighted by atomic mass is 9.83. The van der Waals surface area contributed by atoms with E-state index in [0.717, 1.165) is 5.56 Å². The van der Waals surface area contributed by atoms with Crippen LogP contribution in [0.5, 0.6) is 5.75 Å². The first-order chi connectivity index (χ1) is 5.93. The lowest BCUT2D eigenvalue weighted by Crippen LogP contribution is -2.26. The Morgan fingerprint density at radius 3 is 2.14 bits per heavy atom. The second kappa shape index (κ2) is 4.67. The van der Waals surface area contributed by atoms with Gasteiger partial charge in [-0.1, -0.05) is 39.0 Å². The van der Waals surface area contributed by atoms with Crippen LogP contribution in [0.15, 0.2) is 24.3 Å². The number of hydrogen-bond acceptors (Lipinski definition) is 2. The molecule has 0 aromatic heterocycles. The second-order valence-corrected chi connectivity index (χ2v) is 4.40. The van der Waals surface area contributed by atoms with Gasteiger partial charge in [0.1, 0.15) is 5.75 Å². The first-order valence-electron chi connectivity index (χ1n) is 4.46. The molecular weight excluding hydrogens is 198 g/mol. The standard InChI is InChI=1S/C11H17NO.ClH/c1-11(2,3)10(12)8-6-4-5-7-9(8)13;/h4-7,10,13H,12H2,1-3H3;1H/t10-;/m1./s1. The lowest BCUT2D eigenvalue weighted by Gasteiger charge is -2.27. The Hall–Kier alpha value is -0.730. The van der Waals surface area contributed by atoms with Crippen LogP contribution in [-0.2, 0) is 0 Å². The highest BCUT2D eigenvalue weighted by molar-refractivity contribution is 5.85. The largest absolute Gasteiger partial charge is 0.508 e. The molecule has 0 saturated carbocycles.